The van der Waals surface area contributed by atoms with Crippen molar-refractivity contribution in [2.24, 2.45) is 0 Å². The molecular weight excluding hydrogens is 719 g/mol. The predicted octanol–water partition coefficient (Wildman–Crippen LogP) is 16.3. The van der Waals surface area contributed by atoms with Gasteiger partial charge in [0.1, 0.15) is 22.3 Å². The van der Waals surface area contributed by atoms with Crippen LogP contribution in [0.2, 0.25) is 0 Å². The lowest BCUT2D eigenvalue weighted by Gasteiger charge is -2.28. The third kappa shape index (κ3) is 5.51. The quantitative estimate of drug-likeness (QED) is 0.169. The van der Waals surface area contributed by atoms with Gasteiger partial charge in [0.15, 0.2) is 0 Å². The average Bonchev–Trinajstić information content (AvgIpc) is 3.88. The van der Waals surface area contributed by atoms with Gasteiger partial charge in [0, 0.05) is 43.9 Å². The average molecular weight is 754 g/mol. The number of hydrogen-bond acceptors (Lipinski definition) is 3. The summed E-state index contributed by atoms with van der Waals surface area (Å²) in [5, 5.41) is 9.30. The summed E-state index contributed by atoms with van der Waals surface area (Å²) in [7, 11) is 0. The molecule has 10 aromatic carbocycles. The number of fused-ring (bicyclic) bond motifs is 8. The number of rotatable bonds is 6. The molecule has 0 aliphatic carbocycles. The first-order chi connectivity index (χ1) is 29.2. The first kappa shape index (κ1) is 33.3. The molecule has 0 fully saturated rings. The van der Waals surface area contributed by atoms with Gasteiger partial charge in [0.25, 0.3) is 0 Å². The van der Waals surface area contributed by atoms with E-state index in [2.05, 4.69) is 193 Å². The summed E-state index contributed by atoms with van der Waals surface area (Å²) in [5.74, 6) is 0. The number of benzene rings is 10. The van der Waals surface area contributed by atoms with Crippen molar-refractivity contribution in [3.8, 4) is 33.4 Å². The van der Waals surface area contributed by atoms with Crippen LogP contribution in [-0.2, 0) is 0 Å². The molecule has 0 saturated carbocycles. The van der Waals surface area contributed by atoms with Gasteiger partial charge in [0.05, 0.1) is 5.69 Å². The van der Waals surface area contributed by atoms with Gasteiger partial charge < -0.3 is 13.7 Å². The Balaban J connectivity index is 1.00. The number of nitrogens with zero attached hydrogens (tertiary/aromatic N) is 1. The second-order valence-corrected chi connectivity index (χ2v) is 15.3. The molecule has 3 nitrogen and oxygen atoms in total. The fraction of sp³-hybridized carbons (Fsp3) is 0. The van der Waals surface area contributed by atoms with Crippen LogP contribution in [0.5, 0.6) is 0 Å². The van der Waals surface area contributed by atoms with Crippen LogP contribution >= 0.6 is 0 Å². The summed E-state index contributed by atoms with van der Waals surface area (Å²) in [5.41, 5.74) is 13.7. The highest BCUT2D eigenvalue weighted by molar-refractivity contribution is 6.14. The van der Waals surface area contributed by atoms with Crippen LogP contribution in [0.25, 0.3) is 98.8 Å². The van der Waals surface area contributed by atoms with E-state index < -0.39 is 0 Å². The molecule has 59 heavy (non-hydrogen) atoms. The molecule has 0 aliphatic rings. The molecule has 12 rings (SSSR count). The van der Waals surface area contributed by atoms with Crippen molar-refractivity contribution in [3.05, 3.63) is 212 Å². The zero-order valence-electron chi connectivity index (χ0n) is 32.0. The monoisotopic (exact) mass is 753 g/mol. The van der Waals surface area contributed by atoms with Crippen molar-refractivity contribution >= 4 is 82.5 Å². The molecule has 0 unspecified atom stereocenters. The van der Waals surface area contributed by atoms with E-state index in [0.717, 1.165) is 94.0 Å². The SMILES string of the molecule is c1ccc2cc(-c3ccc(N(c4ccc(-c5ccc6oc7ccccc7c6c5)cc4)c4ccc(-c5cccc6c5oc5ccccc56)c5ccccc45)cc3)ccc2c1. The molecule has 2 heterocycles. The summed E-state index contributed by atoms with van der Waals surface area (Å²) < 4.78 is 12.7. The molecule has 12 aromatic rings. The fourth-order valence-corrected chi connectivity index (χ4v) is 8.98. The Kier molecular flexibility index (Phi) is 7.54. The second-order valence-electron chi connectivity index (χ2n) is 15.3. The number of para-hydroxylation sites is 3. The van der Waals surface area contributed by atoms with Gasteiger partial charge in [-0.2, -0.15) is 0 Å². The minimum Gasteiger partial charge on any atom is -0.456 e. The van der Waals surface area contributed by atoms with Crippen molar-refractivity contribution in [3.63, 3.8) is 0 Å². The zero-order chi connectivity index (χ0) is 38.9. The van der Waals surface area contributed by atoms with Crippen LogP contribution in [0, 0.1) is 0 Å². The molecule has 3 heteroatoms. The molecule has 276 valence electrons. The third-order valence-corrected chi connectivity index (χ3v) is 11.9. The molecular formula is C56H35NO2. The highest BCUT2D eigenvalue weighted by Gasteiger charge is 2.20. The van der Waals surface area contributed by atoms with Gasteiger partial charge in [-0.15, -0.1) is 0 Å². The van der Waals surface area contributed by atoms with E-state index in [9.17, 15) is 0 Å². The highest BCUT2D eigenvalue weighted by atomic mass is 16.3. The second kappa shape index (κ2) is 13.4. The van der Waals surface area contributed by atoms with Crippen LogP contribution in [0.3, 0.4) is 0 Å². The lowest BCUT2D eigenvalue weighted by molar-refractivity contribution is 0.669. The molecule has 0 amide bonds. The van der Waals surface area contributed by atoms with Crippen molar-refractivity contribution in [2.45, 2.75) is 0 Å². The lowest BCUT2D eigenvalue weighted by Crippen LogP contribution is -2.10. The van der Waals surface area contributed by atoms with E-state index in [4.69, 9.17) is 8.83 Å². The van der Waals surface area contributed by atoms with Crippen molar-refractivity contribution in [1.82, 2.24) is 0 Å². The summed E-state index contributed by atoms with van der Waals surface area (Å²) in [6, 6.07) is 75.9. The van der Waals surface area contributed by atoms with Crippen molar-refractivity contribution in [1.29, 1.82) is 0 Å². The van der Waals surface area contributed by atoms with Crippen LogP contribution < -0.4 is 4.90 Å². The maximum Gasteiger partial charge on any atom is 0.143 e. The summed E-state index contributed by atoms with van der Waals surface area (Å²) in [6.07, 6.45) is 0. The van der Waals surface area contributed by atoms with E-state index >= 15 is 0 Å². The molecule has 2 aromatic heterocycles. The Morgan fingerprint density at radius 1 is 0.288 bits per heavy atom. The van der Waals surface area contributed by atoms with E-state index in [0.29, 0.717) is 0 Å². The first-order valence-corrected chi connectivity index (χ1v) is 20.1. The van der Waals surface area contributed by atoms with Crippen LogP contribution in [0.15, 0.2) is 221 Å². The Labute approximate surface area is 340 Å². The highest BCUT2D eigenvalue weighted by Crippen LogP contribution is 2.45. The zero-order valence-corrected chi connectivity index (χ0v) is 32.0. The third-order valence-electron chi connectivity index (χ3n) is 11.9. The first-order valence-electron chi connectivity index (χ1n) is 20.1. The van der Waals surface area contributed by atoms with E-state index in [1.165, 1.54) is 21.9 Å². The number of furan rings is 2. The largest absolute Gasteiger partial charge is 0.456 e. The smallest absolute Gasteiger partial charge is 0.143 e. The van der Waals surface area contributed by atoms with Gasteiger partial charge >= 0.3 is 0 Å². The minimum atomic E-state index is 0.899. The molecule has 0 aliphatic heterocycles. The molecule has 0 atom stereocenters. The topological polar surface area (TPSA) is 29.5 Å². The summed E-state index contributed by atoms with van der Waals surface area (Å²) >= 11 is 0. The molecule has 0 N–H and O–H groups in total. The number of hydrogen-bond donors (Lipinski definition) is 0. The Bertz CT molecular complexity index is 3550. The predicted molar refractivity (Wildman–Crippen MR) is 247 cm³/mol. The normalized spacial score (nSPS) is 11.7. The van der Waals surface area contributed by atoms with E-state index in [1.54, 1.807) is 0 Å². The molecule has 0 bridgehead atoms. The van der Waals surface area contributed by atoms with Crippen LogP contribution in [0.4, 0.5) is 17.1 Å². The Morgan fingerprint density at radius 3 is 1.58 bits per heavy atom. The van der Waals surface area contributed by atoms with Gasteiger partial charge in [-0.1, -0.05) is 152 Å². The van der Waals surface area contributed by atoms with E-state index in [-0.39, 0.29) is 0 Å². The van der Waals surface area contributed by atoms with Gasteiger partial charge in [-0.05, 0) is 105 Å². The van der Waals surface area contributed by atoms with Gasteiger partial charge in [-0.25, -0.2) is 0 Å². The molecule has 0 saturated heterocycles. The Hall–Kier alpha value is -7.88. The Morgan fingerprint density at radius 2 is 0.831 bits per heavy atom. The van der Waals surface area contributed by atoms with Gasteiger partial charge in [0.2, 0.25) is 0 Å². The van der Waals surface area contributed by atoms with E-state index in [1.807, 2.05) is 24.3 Å². The summed E-state index contributed by atoms with van der Waals surface area (Å²) in [4.78, 5) is 2.38. The maximum absolute atomic E-state index is 6.55. The van der Waals surface area contributed by atoms with Crippen molar-refractivity contribution in [2.75, 3.05) is 4.90 Å². The van der Waals surface area contributed by atoms with Gasteiger partial charge in [-0.3, -0.25) is 0 Å². The van der Waals surface area contributed by atoms with Crippen LogP contribution in [0.1, 0.15) is 0 Å². The van der Waals surface area contributed by atoms with Crippen molar-refractivity contribution < 1.29 is 8.83 Å². The standard InChI is InChI=1S/C56H35NO2/c1-2-11-39-34-40(21-20-36(39)10-1)37-22-27-42(28-23-37)57(43-29-24-38(25-30-43)41-26-33-55-51(35-41)48-15-6-7-18-53(48)58-55)52-32-31-45(44-12-3-4-13-46(44)52)49-16-9-17-50-47-14-5-8-19-54(47)59-56(49)50/h1-35H. The molecule has 0 spiro atoms. The number of anilines is 3. The minimum absolute atomic E-state index is 0.899. The maximum atomic E-state index is 6.55. The fourth-order valence-electron chi connectivity index (χ4n) is 8.98. The molecule has 0 radical (unpaired) electrons. The summed E-state index contributed by atoms with van der Waals surface area (Å²) in [6.45, 7) is 0. The lowest BCUT2D eigenvalue weighted by atomic mass is 9.95. The van der Waals surface area contributed by atoms with Crippen LogP contribution in [-0.4, -0.2) is 0 Å².